The van der Waals surface area contributed by atoms with Crippen molar-refractivity contribution >= 4 is 23.6 Å². The number of allylic oxidation sites excluding steroid dienone is 1. The lowest BCUT2D eigenvalue weighted by molar-refractivity contribution is -0.127. The Labute approximate surface area is 203 Å². The van der Waals surface area contributed by atoms with Crippen molar-refractivity contribution in [2.24, 2.45) is 5.92 Å². The van der Waals surface area contributed by atoms with E-state index < -0.39 is 0 Å². The number of hydrogen-bond donors (Lipinski definition) is 0. The molecule has 2 aromatic carbocycles. The van der Waals surface area contributed by atoms with E-state index in [4.69, 9.17) is 0 Å². The molecule has 2 aromatic rings. The summed E-state index contributed by atoms with van der Waals surface area (Å²) in [5.74, 6) is -0.105. The van der Waals surface area contributed by atoms with Gasteiger partial charge in [-0.1, -0.05) is 54.6 Å². The Morgan fingerprint density at radius 3 is 2.56 bits per heavy atom. The van der Waals surface area contributed by atoms with Gasteiger partial charge in [0, 0.05) is 37.7 Å². The summed E-state index contributed by atoms with van der Waals surface area (Å²) in [6.07, 6.45) is 8.27. The number of aryl methyl sites for hydroxylation is 1. The van der Waals surface area contributed by atoms with Crippen molar-refractivity contribution in [2.75, 3.05) is 44.7 Å². The molecule has 0 radical (unpaired) electrons. The highest BCUT2D eigenvalue weighted by Gasteiger charge is 2.38. The summed E-state index contributed by atoms with van der Waals surface area (Å²) in [6.45, 7) is 6.41. The summed E-state index contributed by atoms with van der Waals surface area (Å²) in [4.78, 5) is 31.7. The predicted molar refractivity (Wildman–Crippen MR) is 137 cm³/mol. The highest BCUT2D eigenvalue weighted by atomic mass is 16.2. The molecule has 3 aliphatic rings. The van der Waals surface area contributed by atoms with Crippen LogP contribution in [-0.2, 0) is 15.0 Å². The Bertz CT molecular complexity index is 1100. The summed E-state index contributed by atoms with van der Waals surface area (Å²) in [6, 6.07) is 16.9. The van der Waals surface area contributed by atoms with Crippen LogP contribution in [0.15, 0.2) is 54.6 Å². The van der Waals surface area contributed by atoms with Gasteiger partial charge in [0.05, 0.1) is 5.92 Å². The molecule has 5 rings (SSSR count). The van der Waals surface area contributed by atoms with E-state index in [0.717, 1.165) is 50.1 Å². The molecule has 2 aliphatic heterocycles. The minimum Gasteiger partial charge on any atom is -0.345 e. The van der Waals surface area contributed by atoms with Gasteiger partial charge < -0.3 is 14.7 Å². The number of fused-ring (bicyclic) bond motifs is 2. The first-order valence-corrected chi connectivity index (χ1v) is 12.6. The fraction of sp³-hybridized carbons (Fsp3) is 0.448. The lowest BCUT2D eigenvalue weighted by atomic mass is 9.74. The molecular formula is C29H35N3O2. The number of carbonyl (C=O) groups is 2. The third kappa shape index (κ3) is 4.29. The van der Waals surface area contributed by atoms with Crippen molar-refractivity contribution in [1.82, 2.24) is 9.80 Å². The highest BCUT2D eigenvalue weighted by Crippen LogP contribution is 2.43. The largest absolute Gasteiger partial charge is 0.345 e. The van der Waals surface area contributed by atoms with Gasteiger partial charge in [0.15, 0.2) is 0 Å². The quantitative estimate of drug-likeness (QED) is 0.651. The molecule has 0 aromatic heterocycles. The number of anilines is 1. The second-order valence-corrected chi connectivity index (χ2v) is 10.2. The third-order valence-electron chi connectivity index (χ3n) is 8.05. The number of benzene rings is 2. The smallest absolute Gasteiger partial charge is 0.232 e. The highest BCUT2D eigenvalue weighted by molar-refractivity contribution is 5.99. The first-order valence-electron chi connectivity index (χ1n) is 12.6. The number of carbonyl (C=O) groups excluding carboxylic acids is 2. The maximum atomic E-state index is 13.5. The van der Waals surface area contributed by atoms with Crippen molar-refractivity contribution in [3.63, 3.8) is 0 Å². The van der Waals surface area contributed by atoms with Gasteiger partial charge >= 0.3 is 0 Å². The van der Waals surface area contributed by atoms with Gasteiger partial charge in [-0.05, 0) is 68.6 Å². The SMILES string of the molecule is Cc1ccccc1N(CCCN1CCC2(C=Cc3ccccc32)CC1)C(=O)C1CC(=O)N(C)C1. The molecule has 1 unspecified atom stereocenters. The standard InChI is InChI=1S/C29H35N3O2/c1-22-8-3-6-11-26(22)32(28(34)24-20-27(33)30(2)21-24)17-7-16-31-18-14-29(15-19-31)13-12-23-9-4-5-10-25(23)29/h3-6,8-13,24H,7,14-21H2,1-2H3. The molecule has 0 N–H and O–H groups in total. The number of hydrogen-bond acceptors (Lipinski definition) is 3. The predicted octanol–water partition coefficient (Wildman–Crippen LogP) is 4.26. The van der Waals surface area contributed by atoms with E-state index >= 15 is 0 Å². The van der Waals surface area contributed by atoms with E-state index in [1.54, 1.807) is 11.9 Å². The number of piperidine rings is 1. The second kappa shape index (κ2) is 9.38. The Kier molecular flexibility index (Phi) is 6.30. The van der Waals surface area contributed by atoms with Gasteiger partial charge in [-0.3, -0.25) is 9.59 Å². The molecule has 1 aliphatic carbocycles. The van der Waals surface area contributed by atoms with Crippen LogP contribution in [0.1, 0.15) is 42.4 Å². The molecule has 5 nitrogen and oxygen atoms in total. The monoisotopic (exact) mass is 457 g/mol. The lowest BCUT2D eigenvalue weighted by Gasteiger charge is -2.39. The minimum atomic E-state index is -0.249. The Balaban J connectivity index is 1.21. The molecule has 2 saturated heterocycles. The van der Waals surface area contributed by atoms with E-state index in [-0.39, 0.29) is 23.1 Å². The van der Waals surface area contributed by atoms with Gasteiger partial charge in [-0.15, -0.1) is 0 Å². The first kappa shape index (κ1) is 22.9. The summed E-state index contributed by atoms with van der Waals surface area (Å²) < 4.78 is 0. The summed E-state index contributed by atoms with van der Waals surface area (Å²) in [5.41, 5.74) is 5.14. The second-order valence-electron chi connectivity index (χ2n) is 10.2. The summed E-state index contributed by atoms with van der Waals surface area (Å²) in [7, 11) is 1.79. The average Bonchev–Trinajstić information content (AvgIpc) is 3.38. The van der Waals surface area contributed by atoms with Crippen molar-refractivity contribution in [3.05, 3.63) is 71.3 Å². The van der Waals surface area contributed by atoms with Crippen molar-refractivity contribution in [2.45, 2.75) is 38.0 Å². The zero-order valence-corrected chi connectivity index (χ0v) is 20.4. The van der Waals surface area contributed by atoms with Gasteiger partial charge in [-0.2, -0.15) is 0 Å². The fourth-order valence-electron chi connectivity index (χ4n) is 5.96. The van der Waals surface area contributed by atoms with Crippen LogP contribution < -0.4 is 4.90 Å². The van der Waals surface area contributed by atoms with Crippen LogP contribution in [0.3, 0.4) is 0 Å². The number of nitrogens with zero attached hydrogens (tertiary/aromatic N) is 3. The van der Waals surface area contributed by atoms with Crippen LogP contribution in [0.2, 0.25) is 0 Å². The topological polar surface area (TPSA) is 43.9 Å². The molecule has 0 saturated carbocycles. The van der Waals surface area contributed by atoms with Crippen LogP contribution in [0.25, 0.3) is 6.08 Å². The molecule has 0 bridgehead atoms. The van der Waals surface area contributed by atoms with Crippen LogP contribution in [-0.4, -0.2) is 61.4 Å². The molecule has 2 fully saturated rings. The lowest BCUT2D eigenvalue weighted by Crippen LogP contribution is -2.43. The third-order valence-corrected chi connectivity index (χ3v) is 8.05. The summed E-state index contributed by atoms with van der Waals surface area (Å²) >= 11 is 0. The van der Waals surface area contributed by atoms with Crippen LogP contribution in [0.4, 0.5) is 5.69 Å². The molecule has 5 heteroatoms. The summed E-state index contributed by atoms with van der Waals surface area (Å²) in [5, 5.41) is 0. The Hall–Kier alpha value is -2.92. The molecular weight excluding hydrogens is 422 g/mol. The molecule has 2 amide bonds. The van der Waals surface area contributed by atoms with Gasteiger partial charge in [0.25, 0.3) is 0 Å². The fourth-order valence-corrected chi connectivity index (χ4v) is 5.96. The van der Waals surface area contributed by atoms with E-state index in [1.165, 1.54) is 11.1 Å². The molecule has 2 heterocycles. The normalized spacial score (nSPS) is 21.3. The van der Waals surface area contributed by atoms with E-state index in [9.17, 15) is 9.59 Å². The number of likely N-dealkylation sites (tertiary alicyclic amines) is 2. The molecule has 178 valence electrons. The number of para-hydroxylation sites is 1. The van der Waals surface area contributed by atoms with E-state index in [2.05, 4.69) is 54.3 Å². The van der Waals surface area contributed by atoms with E-state index in [0.29, 0.717) is 19.5 Å². The first-order chi connectivity index (χ1) is 16.5. The zero-order chi connectivity index (χ0) is 23.7. The van der Waals surface area contributed by atoms with Crippen LogP contribution >= 0.6 is 0 Å². The van der Waals surface area contributed by atoms with Gasteiger partial charge in [0.2, 0.25) is 11.8 Å². The number of rotatable bonds is 6. The minimum absolute atomic E-state index is 0.0628. The molecule has 1 atom stereocenters. The van der Waals surface area contributed by atoms with Crippen LogP contribution in [0, 0.1) is 12.8 Å². The van der Waals surface area contributed by atoms with Crippen molar-refractivity contribution in [3.8, 4) is 0 Å². The van der Waals surface area contributed by atoms with Gasteiger partial charge in [-0.25, -0.2) is 0 Å². The Morgan fingerprint density at radius 2 is 1.82 bits per heavy atom. The maximum absolute atomic E-state index is 13.5. The zero-order valence-electron chi connectivity index (χ0n) is 20.4. The molecule has 34 heavy (non-hydrogen) atoms. The number of amides is 2. The maximum Gasteiger partial charge on any atom is 0.232 e. The average molecular weight is 458 g/mol. The Morgan fingerprint density at radius 1 is 1.09 bits per heavy atom. The van der Waals surface area contributed by atoms with E-state index in [1.807, 2.05) is 23.1 Å². The molecule has 1 spiro atoms. The van der Waals surface area contributed by atoms with Crippen molar-refractivity contribution < 1.29 is 9.59 Å². The van der Waals surface area contributed by atoms with Crippen LogP contribution in [0.5, 0.6) is 0 Å². The van der Waals surface area contributed by atoms with Crippen molar-refractivity contribution in [1.29, 1.82) is 0 Å². The van der Waals surface area contributed by atoms with Gasteiger partial charge in [0.1, 0.15) is 0 Å².